The van der Waals surface area contributed by atoms with E-state index in [0.717, 1.165) is 16.2 Å². The zero-order valence-electron chi connectivity index (χ0n) is 9.87. The van der Waals surface area contributed by atoms with Crippen molar-refractivity contribution in [1.29, 1.82) is 0 Å². The summed E-state index contributed by atoms with van der Waals surface area (Å²) in [5, 5.41) is 6.04. The monoisotopic (exact) mass is 413 g/mol. The molecule has 0 radical (unpaired) electrons. The van der Waals surface area contributed by atoms with Gasteiger partial charge in [0.15, 0.2) is 5.96 Å². The molecule has 0 saturated carbocycles. The van der Waals surface area contributed by atoms with Crippen molar-refractivity contribution in [3.05, 3.63) is 28.7 Å². The van der Waals surface area contributed by atoms with Crippen LogP contribution in [0.3, 0.4) is 0 Å². The number of hydrogen-bond donors (Lipinski definition) is 2. The lowest BCUT2D eigenvalue weighted by Gasteiger charge is -2.09. The highest BCUT2D eigenvalue weighted by molar-refractivity contribution is 14.0. The summed E-state index contributed by atoms with van der Waals surface area (Å²) in [6.07, 6.45) is 0. The standard InChI is InChI=1S/C11H16BrN3O.HI/c1-13-11(14-2)15-6-7-16-10-5-3-4-9(12)8-10;/h3-5,8H,6-7H2,1-2H3,(H2,13,14,15);1H. The number of rotatable bonds is 4. The van der Waals surface area contributed by atoms with Crippen LogP contribution in [0.2, 0.25) is 0 Å². The summed E-state index contributed by atoms with van der Waals surface area (Å²) in [5.41, 5.74) is 0. The molecule has 0 aliphatic heterocycles. The molecule has 0 aliphatic carbocycles. The number of benzene rings is 1. The van der Waals surface area contributed by atoms with Gasteiger partial charge in [0.25, 0.3) is 0 Å². The lowest BCUT2D eigenvalue weighted by atomic mass is 10.3. The fourth-order valence-electron chi connectivity index (χ4n) is 1.17. The van der Waals surface area contributed by atoms with Gasteiger partial charge in [-0.2, -0.15) is 0 Å². The third-order valence-corrected chi connectivity index (χ3v) is 2.41. The van der Waals surface area contributed by atoms with E-state index in [9.17, 15) is 0 Å². The van der Waals surface area contributed by atoms with Crippen LogP contribution in [0, 0.1) is 0 Å². The van der Waals surface area contributed by atoms with Crippen LogP contribution in [0.1, 0.15) is 0 Å². The van der Waals surface area contributed by atoms with Crippen LogP contribution in [0.25, 0.3) is 0 Å². The molecule has 0 heterocycles. The molecule has 0 fully saturated rings. The number of aliphatic imine (C=N–C) groups is 1. The van der Waals surface area contributed by atoms with Gasteiger partial charge in [0, 0.05) is 18.6 Å². The number of hydrogen-bond acceptors (Lipinski definition) is 2. The van der Waals surface area contributed by atoms with Crippen molar-refractivity contribution in [2.75, 3.05) is 27.2 Å². The Kier molecular flexibility index (Phi) is 9.24. The zero-order chi connectivity index (χ0) is 11.8. The van der Waals surface area contributed by atoms with E-state index in [0.29, 0.717) is 13.2 Å². The van der Waals surface area contributed by atoms with Crippen LogP contribution in [0.4, 0.5) is 0 Å². The second kappa shape index (κ2) is 9.52. The molecule has 0 aliphatic rings. The summed E-state index contributed by atoms with van der Waals surface area (Å²) in [6.45, 7) is 1.30. The number of halogens is 2. The maximum Gasteiger partial charge on any atom is 0.190 e. The summed E-state index contributed by atoms with van der Waals surface area (Å²) in [5.74, 6) is 1.62. The molecule has 2 N–H and O–H groups in total. The number of ether oxygens (including phenoxy) is 1. The van der Waals surface area contributed by atoms with Crippen molar-refractivity contribution in [1.82, 2.24) is 10.6 Å². The molecule has 1 aromatic carbocycles. The SMILES string of the molecule is CN=C(NC)NCCOc1cccc(Br)c1.I. The molecule has 4 nitrogen and oxygen atoms in total. The molecule has 17 heavy (non-hydrogen) atoms. The van der Waals surface area contributed by atoms with E-state index in [1.807, 2.05) is 31.3 Å². The van der Waals surface area contributed by atoms with Crippen molar-refractivity contribution in [2.24, 2.45) is 4.99 Å². The Morgan fingerprint density at radius 1 is 1.47 bits per heavy atom. The van der Waals surface area contributed by atoms with Crippen molar-refractivity contribution < 1.29 is 4.74 Å². The largest absolute Gasteiger partial charge is 0.492 e. The molecule has 0 spiro atoms. The van der Waals surface area contributed by atoms with Crippen LogP contribution in [-0.2, 0) is 0 Å². The highest BCUT2D eigenvalue weighted by atomic mass is 127. The molecule has 1 aromatic rings. The maximum atomic E-state index is 5.55. The molecular formula is C11H17BrIN3O. The van der Waals surface area contributed by atoms with Gasteiger partial charge in [0.2, 0.25) is 0 Å². The summed E-state index contributed by atoms with van der Waals surface area (Å²) in [4.78, 5) is 4.00. The Morgan fingerprint density at radius 2 is 2.24 bits per heavy atom. The lowest BCUT2D eigenvalue weighted by molar-refractivity contribution is 0.322. The van der Waals surface area contributed by atoms with E-state index in [2.05, 4.69) is 31.6 Å². The van der Waals surface area contributed by atoms with Gasteiger partial charge in [0.1, 0.15) is 12.4 Å². The Bertz CT molecular complexity index is 360. The predicted molar refractivity (Wildman–Crippen MR) is 85.5 cm³/mol. The average molecular weight is 414 g/mol. The Balaban J connectivity index is 0.00000256. The summed E-state index contributed by atoms with van der Waals surface area (Å²) >= 11 is 3.39. The fraction of sp³-hybridized carbons (Fsp3) is 0.364. The Hall–Kier alpha value is -0.500. The number of guanidine groups is 1. The van der Waals surface area contributed by atoms with Gasteiger partial charge in [-0.1, -0.05) is 22.0 Å². The van der Waals surface area contributed by atoms with E-state index in [4.69, 9.17) is 4.74 Å². The quantitative estimate of drug-likeness (QED) is 0.344. The van der Waals surface area contributed by atoms with E-state index < -0.39 is 0 Å². The molecule has 6 heteroatoms. The minimum Gasteiger partial charge on any atom is -0.492 e. The van der Waals surface area contributed by atoms with Crippen molar-refractivity contribution in [2.45, 2.75) is 0 Å². The van der Waals surface area contributed by atoms with Crippen LogP contribution in [0.5, 0.6) is 5.75 Å². The van der Waals surface area contributed by atoms with Crippen LogP contribution in [0.15, 0.2) is 33.7 Å². The van der Waals surface area contributed by atoms with E-state index in [1.54, 1.807) is 7.05 Å². The van der Waals surface area contributed by atoms with E-state index in [-0.39, 0.29) is 24.0 Å². The number of nitrogens with one attached hydrogen (secondary N) is 2. The fourth-order valence-corrected chi connectivity index (χ4v) is 1.55. The lowest BCUT2D eigenvalue weighted by Crippen LogP contribution is -2.37. The zero-order valence-corrected chi connectivity index (χ0v) is 13.8. The molecule has 0 amide bonds. The van der Waals surface area contributed by atoms with Gasteiger partial charge in [-0.15, -0.1) is 24.0 Å². The highest BCUT2D eigenvalue weighted by Crippen LogP contribution is 2.17. The smallest absolute Gasteiger partial charge is 0.190 e. The topological polar surface area (TPSA) is 45.7 Å². The molecular weight excluding hydrogens is 397 g/mol. The molecule has 0 aromatic heterocycles. The van der Waals surface area contributed by atoms with Gasteiger partial charge in [-0.05, 0) is 18.2 Å². The van der Waals surface area contributed by atoms with Crippen molar-refractivity contribution >= 4 is 45.9 Å². The molecule has 96 valence electrons. The van der Waals surface area contributed by atoms with Gasteiger partial charge in [-0.3, -0.25) is 4.99 Å². The molecule has 0 atom stereocenters. The van der Waals surface area contributed by atoms with E-state index in [1.165, 1.54) is 0 Å². The Morgan fingerprint density at radius 3 is 2.82 bits per heavy atom. The molecule has 0 unspecified atom stereocenters. The first kappa shape index (κ1) is 16.5. The second-order valence-corrected chi connectivity index (χ2v) is 3.97. The Labute approximate surface area is 127 Å². The van der Waals surface area contributed by atoms with Gasteiger partial charge in [0.05, 0.1) is 6.54 Å². The third kappa shape index (κ3) is 6.72. The first-order valence-electron chi connectivity index (χ1n) is 5.03. The van der Waals surface area contributed by atoms with E-state index >= 15 is 0 Å². The molecule has 1 rings (SSSR count). The van der Waals surface area contributed by atoms with Gasteiger partial charge in [-0.25, -0.2) is 0 Å². The molecule has 0 saturated heterocycles. The highest BCUT2D eigenvalue weighted by Gasteiger charge is 1.95. The minimum atomic E-state index is 0. The van der Waals surface area contributed by atoms with Crippen LogP contribution in [-0.4, -0.2) is 33.2 Å². The second-order valence-electron chi connectivity index (χ2n) is 3.05. The average Bonchev–Trinajstić information content (AvgIpc) is 2.29. The van der Waals surface area contributed by atoms with Crippen LogP contribution >= 0.6 is 39.9 Å². The normalized spacial score (nSPS) is 10.4. The summed E-state index contributed by atoms with van der Waals surface area (Å²) in [7, 11) is 3.55. The summed E-state index contributed by atoms with van der Waals surface area (Å²) < 4.78 is 6.57. The number of nitrogens with zero attached hydrogens (tertiary/aromatic N) is 1. The van der Waals surface area contributed by atoms with Crippen molar-refractivity contribution in [3.63, 3.8) is 0 Å². The first-order valence-corrected chi connectivity index (χ1v) is 5.82. The minimum absolute atomic E-state index is 0. The predicted octanol–water partition coefficient (Wildman–Crippen LogP) is 2.24. The van der Waals surface area contributed by atoms with Crippen molar-refractivity contribution in [3.8, 4) is 5.75 Å². The van der Waals surface area contributed by atoms with Gasteiger partial charge >= 0.3 is 0 Å². The maximum absolute atomic E-state index is 5.55. The molecule has 0 bridgehead atoms. The summed E-state index contributed by atoms with van der Waals surface area (Å²) in [6, 6.07) is 7.78. The third-order valence-electron chi connectivity index (χ3n) is 1.92. The van der Waals surface area contributed by atoms with Crippen LogP contribution < -0.4 is 15.4 Å². The van der Waals surface area contributed by atoms with Gasteiger partial charge < -0.3 is 15.4 Å². The first-order chi connectivity index (χ1) is 7.76.